The molecule has 0 saturated heterocycles. The van der Waals surface area contributed by atoms with Gasteiger partial charge in [0.15, 0.2) is 0 Å². The highest BCUT2D eigenvalue weighted by molar-refractivity contribution is 6.30. The van der Waals surface area contributed by atoms with Gasteiger partial charge in [-0.25, -0.2) is 0 Å². The van der Waals surface area contributed by atoms with E-state index in [1.807, 2.05) is 0 Å². The van der Waals surface area contributed by atoms with Crippen LogP contribution in [0.15, 0.2) is 47.1 Å². The summed E-state index contributed by atoms with van der Waals surface area (Å²) in [5.74, 6) is 0.0426. The van der Waals surface area contributed by atoms with Gasteiger partial charge in [-0.05, 0) is 43.3 Å². The third-order valence-corrected chi connectivity index (χ3v) is 3.12. The molecule has 1 atom stereocenters. The molecule has 0 saturated carbocycles. The number of amides is 2. The van der Waals surface area contributed by atoms with Crippen LogP contribution in [-0.2, 0) is 4.79 Å². The monoisotopic (exact) mass is 306 g/mol. The normalized spacial score (nSPS) is 11.7. The minimum Gasteiger partial charge on any atom is -0.467 e. The Kier molecular flexibility index (Phi) is 5.00. The molecule has 1 aromatic heterocycles. The summed E-state index contributed by atoms with van der Waals surface area (Å²) in [7, 11) is 0. The number of furan rings is 1. The van der Waals surface area contributed by atoms with Crippen LogP contribution in [0.5, 0.6) is 0 Å². The van der Waals surface area contributed by atoms with Crippen molar-refractivity contribution in [3.8, 4) is 0 Å². The van der Waals surface area contributed by atoms with Gasteiger partial charge in [0.2, 0.25) is 5.91 Å². The van der Waals surface area contributed by atoms with E-state index in [0.29, 0.717) is 16.3 Å². The van der Waals surface area contributed by atoms with Crippen LogP contribution in [0.2, 0.25) is 5.02 Å². The second-order valence-corrected chi connectivity index (χ2v) is 4.93. The summed E-state index contributed by atoms with van der Waals surface area (Å²) in [5, 5.41) is 5.83. The van der Waals surface area contributed by atoms with Crippen LogP contribution in [0.4, 0.5) is 0 Å². The number of nitrogens with one attached hydrogen (secondary N) is 2. The minimum absolute atomic E-state index is 0.105. The summed E-state index contributed by atoms with van der Waals surface area (Å²) in [6.07, 6.45) is 1.54. The second-order valence-electron chi connectivity index (χ2n) is 4.49. The second kappa shape index (κ2) is 6.95. The molecule has 2 aromatic rings. The number of rotatable bonds is 5. The molecule has 2 amide bonds. The molecule has 1 aromatic carbocycles. The predicted molar refractivity (Wildman–Crippen MR) is 79.1 cm³/mol. The first kappa shape index (κ1) is 15.1. The summed E-state index contributed by atoms with van der Waals surface area (Å²) < 4.78 is 5.19. The standard InChI is InChI=1S/C15H15ClN2O3/c1-10(13-3-2-8-21-13)18-14(19)9-17-15(20)11-4-6-12(16)7-5-11/h2-8,10H,9H2,1H3,(H,17,20)(H,18,19)/t10-/m0/s1. The topological polar surface area (TPSA) is 71.3 Å². The fraction of sp³-hybridized carbons (Fsp3) is 0.200. The Labute approximate surface area is 127 Å². The molecule has 0 spiro atoms. The third kappa shape index (κ3) is 4.36. The van der Waals surface area contributed by atoms with Crippen molar-refractivity contribution >= 4 is 23.4 Å². The zero-order valence-electron chi connectivity index (χ0n) is 11.4. The van der Waals surface area contributed by atoms with E-state index in [9.17, 15) is 9.59 Å². The first-order valence-corrected chi connectivity index (χ1v) is 6.80. The van der Waals surface area contributed by atoms with E-state index in [-0.39, 0.29) is 24.4 Å². The molecule has 0 radical (unpaired) electrons. The molecular weight excluding hydrogens is 292 g/mol. The summed E-state index contributed by atoms with van der Waals surface area (Å²) >= 11 is 5.75. The lowest BCUT2D eigenvalue weighted by Crippen LogP contribution is -2.37. The lowest BCUT2D eigenvalue weighted by Gasteiger charge is -2.12. The number of carbonyl (C=O) groups is 2. The fourth-order valence-electron chi connectivity index (χ4n) is 1.77. The summed E-state index contributed by atoms with van der Waals surface area (Å²) in [4.78, 5) is 23.6. The van der Waals surface area contributed by atoms with Gasteiger partial charge in [0, 0.05) is 10.6 Å². The molecule has 0 aliphatic rings. The maximum Gasteiger partial charge on any atom is 0.251 e. The zero-order valence-corrected chi connectivity index (χ0v) is 12.2. The van der Waals surface area contributed by atoms with Crippen LogP contribution >= 0.6 is 11.6 Å². The molecule has 5 nitrogen and oxygen atoms in total. The summed E-state index contributed by atoms with van der Waals surface area (Å²) in [5.41, 5.74) is 0.450. The van der Waals surface area contributed by atoms with E-state index in [1.165, 1.54) is 0 Å². The lowest BCUT2D eigenvalue weighted by molar-refractivity contribution is -0.120. The van der Waals surface area contributed by atoms with Crippen molar-refractivity contribution in [3.63, 3.8) is 0 Å². The number of carbonyl (C=O) groups excluding carboxylic acids is 2. The van der Waals surface area contributed by atoms with Crippen LogP contribution in [-0.4, -0.2) is 18.4 Å². The van der Waals surface area contributed by atoms with E-state index in [2.05, 4.69) is 10.6 Å². The molecule has 1 heterocycles. The largest absolute Gasteiger partial charge is 0.467 e. The van der Waals surface area contributed by atoms with Crippen molar-refractivity contribution in [1.29, 1.82) is 0 Å². The van der Waals surface area contributed by atoms with Crippen LogP contribution in [0.25, 0.3) is 0 Å². The van der Waals surface area contributed by atoms with E-state index in [0.717, 1.165) is 0 Å². The average molecular weight is 307 g/mol. The maximum absolute atomic E-state index is 11.8. The Hall–Kier alpha value is -2.27. The van der Waals surface area contributed by atoms with Crippen molar-refractivity contribution in [3.05, 3.63) is 59.0 Å². The third-order valence-electron chi connectivity index (χ3n) is 2.86. The molecular formula is C15H15ClN2O3. The van der Waals surface area contributed by atoms with Crippen molar-refractivity contribution in [2.24, 2.45) is 0 Å². The highest BCUT2D eigenvalue weighted by atomic mass is 35.5. The van der Waals surface area contributed by atoms with Crippen molar-refractivity contribution in [2.75, 3.05) is 6.54 Å². The van der Waals surface area contributed by atoms with Crippen molar-refractivity contribution < 1.29 is 14.0 Å². The smallest absolute Gasteiger partial charge is 0.251 e. The Morgan fingerprint density at radius 2 is 1.95 bits per heavy atom. The molecule has 0 fully saturated rings. The predicted octanol–water partition coefficient (Wildman–Crippen LogP) is 2.54. The zero-order chi connectivity index (χ0) is 15.2. The molecule has 6 heteroatoms. The number of hydrogen-bond acceptors (Lipinski definition) is 3. The van der Waals surface area contributed by atoms with Gasteiger partial charge in [0.1, 0.15) is 5.76 Å². The van der Waals surface area contributed by atoms with Crippen LogP contribution in [0.3, 0.4) is 0 Å². The molecule has 2 N–H and O–H groups in total. The molecule has 2 rings (SSSR count). The van der Waals surface area contributed by atoms with Crippen molar-refractivity contribution in [1.82, 2.24) is 10.6 Å². The van der Waals surface area contributed by atoms with Gasteiger partial charge in [-0.2, -0.15) is 0 Å². The lowest BCUT2D eigenvalue weighted by atomic mass is 10.2. The SMILES string of the molecule is C[C@H](NC(=O)CNC(=O)c1ccc(Cl)cc1)c1ccco1. The quantitative estimate of drug-likeness (QED) is 0.891. The first-order valence-electron chi connectivity index (χ1n) is 6.43. The molecule has 110 valence electrons. The van der Waals surface area contributed by atoms with E-state index >= 15 is 0 Å². The number of halogens is 1. The maximum atomic E-state index is 11.8. The summed E-state index contributed by atoms with van der Waals surface area (Å²) in [6, 6.07) is 9.71. The highest BCUT2D eigenvalue weighted by Gasteiger charge is 2.13. The Bertz CT molecular complexity index is 608. The molecule has 0 bridgehead atoms. The van der Waals surface area contributed by atoms with E-state index in [4.69, 9.17) is 16.0 Å². The molecule has 0 aliphatic heterocycles. The number of benzene rings is 1. The van der Waals surface area contributed by atoms with Gasteiger partial charge in [0.05, 0.1) is 18.8 Å². The van der Waals surface area contributed by atoms with Gasteiger partial charge in [-0.1, -0.05) is 11.6 Å². The van der Waals surface area contributed by atoms with Crippen LogP contribution < -0.4 is 10.6 Å². The van der Waals surface area contributed by atoms with Gasteiger partial charge >= 0.3 is 0 Å². The van der Waals surface area contributed by atoms with Crippen molar-refractivity contribution in [2.45, 2.75) is 13.0 Å². The Morgan fingerprint density at radius 3 is 2.57 bits per heavy atom. The van der Waals surface area contributed by atoms with E-state index < -0.39 is 0 Å². The minimum atomic E-state index is -0.326. The number of hydrogen-bond donors (Lipinski definition) is 2. The van der Waals surface area contributed by atoms with Gasteiger partial charge in [0.25, 0.3) is 5.91 Å². The molecule has 0 aliphatic carbocycles. The van der Waals surface area contributed by atoms with Crippen LogP contribution in [0.1, 0.15) is 29.1 Å². The Balaban J connectivity index is 1.81. The van der Waals surface area contributed by atoms with Gasteiger partial charge < -0.3 is 15.1 Å². The first-order chi connectivity index (χ1) is 10.1. The molecule has 21 heavy (non-hydrogen) atoms. The summed E-state index contributed by atoms with van der Waals surface area (Å²) in [6.45, 7) is 1.70. The highest BCUT2D eigenvalue weighted by Crippen LogP contribution is 2.12. The van der Waals surface area contributed by atoms with Gasteiger partial charge in [-0.15, -0.1) is 0 Å². The molecule has 0 unspecified atom stereocenters. The van der Waals surface area contributed by atoms with E-state index in [1.54, 1.807) is 49.6 Å². The average Bonchev–Trinajstić information content (AvgIpc) is 3.00. The Morgan fingerprint density at radius 1 is 1.24 bits per heavy atom. The van der Waals surface area contributed by atoms with Crippen LogP contribution in [0, 0.1) is 0 Å². The van der Waals surface area contributed by atoms with Gasteiger partial charge in [-0.3, -0.25) is 9.59 Å². The fourth-order valence-corrected chi connectivity index (χ4v) is 1.89.